The number of piperidine rings is 1. The van der Waals surface area contributed by atoms with Crippen LogP contribution >= 0.6 is 15.9 Å². The summed E-state index contributed by atoms with van der Waals surface area (Å²) in [7, 11) is 0. The van der Waals surface area contributed by atoms with Gasteiger partial charge in [0.25, 0.3) is 0 Å². The summed E-state index contributed by atoms with van der Waals surface area (Å²) < 4.78 is -0.448. The fourth-order valence-electron chi connectivity index (χ4n) is 1.63. The Morgan fingerprint density at radius 1 is 1.50 bits per heavy atom. The average molecular weight is 258 g/mol. The van der Waals surface area contributed by atoms with E-state index in [1.165, 1.54) is 0 Å². The molecule has 0 unspecified atom stereocenters. The summed E-state index contributed by atoms with van der Waals surface area (Å²) in [5.74, 6) is 3.27. The summed E-state index contributed by atoms with van der Waals surface area (Å²) in [5, 5.41) is 0. The normalized spacial score (nSPS) is 19.1. The second kappa shape index (κ2) is 4.35. The fraction of sp³-hybridized carbons (Fsp3) is 0.727. The topological polar surface area (TPSA) is 20.3 Å². The third kappa shape index (κ3) is 2.75. The molecule has 0 aromatic heterocycles. The van der Waals surface area contributed by atoms with Crippen LogP contribution in [0.2, 0.25) is 0 Å². The van der Waals surface area contributed by atoms with E-state index in [2.05, 4.69) is 21.9 Å². The summed E-state index contributed by atoms with van der Waals surface area (Å²) in [6.45, 7) is 5.34. The molecule has 1 heterocycles. The second-order valence-corrected chi connectivity index (χ2v) is 6.19. The quantitative estimate of drug-likeness (QED) is 0.520. The van der Waals surface area contributed by atoms with Gasteiger partial charge in [-0.3, -0.25) is 4.79 Å². The van der Waals surface area contributed by atoms with Crippen molar-refractivity contribution < 1.29 is 4.79 Å². The number of rotatable bonds is 1. The molecule has 1 aliphatic heterocycles. The molecule has 78 valence electrons. The van der Waals surface area contributed by atoms with Crippen LogP contribution in [0.4, 0.5) is 0 Å². The zero-order chi connectivity index (χ0) is 10.8. The van der Waals surface area contributed by atoms with Crippen molar-refractivity contribution in [2.75, 3.05) is 13.1 Å². The maximum Gasteiger partial charge on any atom is 0.238 e. The van der Waals surface area contributed by atoms with Crippen molar-refractivity contribution in [3.05, 3.63) is 0 Å². The molecule has 0 saturated carbocycles. The number of carbonyl (C=O) groups is 1. The lowest BCUT2D eigenvalue weighted by molar-refractivity contribution is -0.133. The van der Waals surface area contributed by atoms with Crippen molar-refractivity contribution >= 4 is 21.8 Å². The Kier molecular flexibility index (Phi) is 3.60. The summed E-state index contributed by atoms with van der Waals surface area (Å²) >= 11 is 3.38. The SMILES string of the molecule is C#CC1CCN(C(=O)C(C)(C)Br)CC1. The standard InChI is InChI=1S/C11H16BrNO/c1-4-9-5-7-13(8-6-9)10(14)11(2,3)12/h1,9H,5-8H2,2-3H3. The van der Waals surface area contributed by atoms with E-state index in [-0.39, 0.29) is 5.91 Å². The lowest BCUT2D eigenvalue weighted by Gasteiger charge is -2.33. The van der Waals surface area contributed by atoms with Gasteiger partial charge in [0.15, 0.2) is 0 Å². The highest BCUT2D eigenvalue weighted by atomic mass is 79.9. The molecule has 1 aliphatic rings. The Balaban J connectivity index is 2.51. The highest BCUT2D eigenvalue weighted by Gasteiger charge is 2.31. The first-order valence-corrected chi connectivity index (χ1v) is 5.69. The number of terminal acetylenes is 1. The van der Waals surface area contributed by atoms with Crippen LogP contribution in [0, 0.1) is 18.3 Å². The molecule has 0 aromatic rings. The van der Waals surface area contributed by atoms with Crippen LogP contribution in [0.15, 0.2) is 0 Å². The molecule has 2 nitrogen and oxygen atoms in total. The average Bonchev–Trinajstić information content (AvgIpc) is 2.15. The van der Waals surface area contributed by atoms with Gasteiger partial charge in [-0.25, -0.2) is 0 Å². The highest BCUT2D eigenvalue weighted by molar-refractivity contribution is 9.10. The first-order chi connectivity index (χ1) is 6.45. The summed E-state index contributed by atoms with van der Waals surface area (Å²) in [6.07, 6.45) is 7.22. The minimum atomic E-state index is -0.448. The summed E-state index contributed by atoms with van der Waals surface area (Å²) in [5.41, 5.74) is 0. The van der Waals surface area contributed by atoms with E-state index < -0.39 is 4.32 Å². The molecular weight excluding hydrogens is 242 g/mol. The zero-order valence-electron chi connectivity index (χ0n) is 8.72. The van der Waals surface area contributed by atoms with Gasteiger partial charge in [0.2, 0.25) is 5.91 Å². The molecule has 1 amide bonds. The first-order valence-electron chi connectivity index (χ1n) is 4.89. The number of alkyl halides is 1. The van der Waals surface area contributed by atoms with Crippen molar-refractivity contribution in [3.8, 4) is 12.3 Å². The van der Waals surface area contributed by atoms with E-state index >= 15 is 0 Å². The molecule has 1 saturated heterocycles. The Labute approximate surface area is 94.2 Å². The molecule has 0 aromatic carbocycles. The Morgan fingerprint density at radius 3 is 2.36 bits per heavy atom. The molecule has 14 heavy (non-hydrogen) atoms. The number of halogens is 1. The van der Waals surface area contributed by atoms with Gasteiger partial charge in [-0.15, -0.1) is 12.3 Å². The maximum absolute atomic E-state index is 11.8. The van der Waals surface area contributed by atoms with Crippen LogP contribution in [-0.2, 0) is 4.79 Å². The largest absolute Gasteiger partial charge is 0.341 e. The monoisotopic (exact) mass is 257 g/mol. The zero-order valence-corrected chi connectivity index (χ0v) is 10.3. The van der Waals surface area contributed by atoms with Crippen molar-refractivity contribution in [2.24, 2.45) is 5.92 Å². The number of nitrogens with zero attached hydrogens (tertiary/aromatic N) is 1. The Bertz CT molecular complexity index is 253. The third-order valence-corrected chi connectivity index (χ3v) is 2.87. The van der Waals surface area contributed by atoms with Crippen molar-refractivity contribution in [2.45, 2.75) is 31.0 Å². The molecule has 0 bridgehead atoms. The van der Waals surface area contributed by atoms with E-state index in [9.17, 15) is 4.79 Å². The van der Waals surface area contributed by atoms with Gasteiger partial charge in [-0.1, -0.05) is 15.9 Å². The lowest BCUT2D eigenvalue weighted by atomic mass is 9.97. The lowest BCUT2D eigenvalue weighted by Crippen LogP contribution is -2.45. The van der Waals surface area contributed by atoms with Crippen LogP contribution in [0.5, 0.6) is 0 Å². The van der Waals surface area contributed by atoms with E-state index in [1.54, 1.807) is 0 Å². The Morgan fingerprint density at radius 2 is 2.00 bits per heavy atom. The van der Waals surface area contributed by atoms with Crippen molar-refractivity contribution in [1.82, 2.24) is 4.90 Å². The number of amides is 1. The molecule has 3 heteroatoms. The number of likely N-dealkylation sites (tertiary alicyclic amines) is 1. The van der Waals surface area contributed by atoms with Gasteiger partial charge in [0.05, 0.1) is 4.32 Å². The smallest absolute Gasteiger partial charge is 0.238 e. The van der Waals surface area contributed by atoms with Crippen LogP contribution in [-0.4, -0.2) is 28.2 Å². The van der Waals surface area contributed by atoms with Crippen LogP contribution in [0.3, 0.4) is 0 Å². The predicted molar refractivity (Wildman–Crippen MR) is 61.1 cm³/mol. The molecule has 0 spiro atoms. The van der Waals surface area contributed by atoms with Gasteiger partial charge in [-0.05, 0) is 26.7 Å². The highest BCUT2D eigenvalue weighted by Crippen LogP contribution is 2.23. The minimum Gasteiger partial charge on any atom is -0.341 e. The summed E-state index contributed by atoms with van der Waals surface area (Å²) in [6, 6.07) is 0. The van der Waals surface area contributed by atoms with Gasteiger partial charge >= 0.3 is 0 Å². The molecule has 0 aliphatic carbocycles. The number of hydrogen-bond acceptors (Lipinski definition) is 1. The first kappa shape index (κ1) is 11.6. The molecular formula is C11H16BrNO. The van der Waals surface area contributed by atoms with Crippen LogP contribution in [0.1, 0.15) is 26.7 Å². The molecule has 0 atom stereocenters. The van der Waals surface area contributed by atoms with E-state index in [4.69, 9.17) is 6.42 Å². The van der Waals surface area contributed by atoms with E-state index in [1.807, 2.05) is 18.7 Å². The predicted octanol–water partition coefficient (Wildman–Crippen LogP) is 2.03. The van der Waals surface area contributed by atoms with Crippen LogP contribution < -0.4 is 0 Å². The van der Waals surface area contributed by atoms with Crippen LogP contribution in [0.25, 0.3) is 0 Å². The van der Waals surface area contributed by atoms with Gasteiger partial charge < -0.3 is 4.90 Å². The summed E-state index contributed by atoms with van der Waals surface area (Å²) in [4.78, 5) is 13.7. The molecule has 1 fully saturated rings. The fourth-order valence-corrected chi connectivity index (χ4v) is 1.88. The second-order valence-electron chi connectivity index (χ2n) is 4.21. The molecule has 1 rings (SSSR count). The Hall–Kier alpha value is -0.490. The van der Waals surface area contributed by atoms with E-state index in [0.29, 0.717) is 5.92 Å². The third-order valence-electron chi connectivity index (χ3n) is 2.53. The number of carbonyl (C=O) groups excluding carboxylic acids is 1. The van der Waals surface area contributed by atoms with Gasteiger partial charge in [-0.2, -0.15) is 0 Å². The van der Waals surface area contributed by atoms with Crippen molar-refractivity contribution in [3.63, 3.8) is 0 Å². The maximum atomic E-state index is 11.8. The number of hydrogen-bond donors (Lipinski definition) is 0. The van der Waals surface area contributed by atoms with Crippen molar-refractivity contribution in [1.29, 1.82) is 0 Å². The van der Waals surface area contributed by atoms with E-state index in [0.717, 1.165) is 25.9 Å². The molecule has 0 radical (unpaired) electrons. The minimum absolute atomic E-state index is 0.160. The van der Waals surface area contributed by atoms with Gasteiger partial charge in [0.1, 0.15) is 0 Å². The van der Waals surface area contributed by atoms with Gasteiger partial charge in [0, 0.05) is 19.0 Å². The molecule has 0 N–H and O–H groups in total.